The van der Waals surface area contributed by atoms with Crippen molar-refractivity contribution >= 4 is 11.8 Å². The van der Waals surface area contributed by atoms with Gasteiger partial charge in [-0.1, -0.05) is 18.6 Å². The molecule has 2 bridgehead atoms. The maximum Gasteiger partial charge on any atom is 0.248 e. The van der Waals surface area contributed by atoms with Crippen molar-refractivity contribution in [3.63, 3.8) is 0 Å². The van der Waals surface area contributed by atoms with Crippen molar-refractivity contribution in [3.8, 4) is 0 Å². The normalized spacial score (nSPS) is 25.6. The lowest BCUT2D eigenvalue weighted by atomic mass is 9.83. The molecule has 1 aromatic carbocycles. The second-order valence-corrected chi connectivity index (χ2v) is 10.7. The van der Waals surface area contributed by atoms with Gasteiger partial charge in [0.2, 0.25) is 11.8 Å². The molecule has 0 unspecified atom stereocenters. The molecule has 4 rings (SSSR count). The molecular weight excluding hydrogens is 418 g/mol. The molecule has 4 N–H and O–H groups in total. The second-order valence-electron chi connectivity index (χ2n) is 10.7. The molecule has 0 spiro atoms. The Morgan fingerprint density at radius 1 is 1.12 bits per heavy atom. The summed E-state index contributed by atoms with van der Waals surface area (Å²) in [5.74, 6) is 0.449. The topological polar surface area (TPSA) is 107 Å². The van der Waals surface area contributed by atoms with E-state index in [9.17, 15) is 19.8 Å². The number of nitrogens with two attached hydrogens (primary N) is 1. The van der Waals surface area contributed by atoms with E-state index in [1.54, 1.807) is 13.0 Å². The van der Waals surface area contributed by atoms with E-state index < -0.39 is 5.41 Å². The fourth-order valence-electron chi connectivity index (χ4n) is 5.92. The van der Waals surface area contributed by atoms with E-state index >= 15 is 0 Å². The Bertz CT molecular complexity index is 838. The van der Waals surface area contributed by atoms with E-state index in [1.165, 1.54) is 12.0 Å². The lowest BCUT2D eigenvalue weighted by Gasteiger charge is -2.42. The van der Waals surface area contributed by atoms with E-state index in [0.29, 0.717) is 36.0 Å². The van der Waals surface area contributed by atoms with Crippen LogP contribution in [0.1, 0.15) is 73.7 Å². The molecule has 2 amide bonds. The van der Waals surface area contributed by atoms with Crippen molar-refractivity contribution < 1.29 is 19.8 Å². The Hall–Kier alpha value is -1.96. The van der Waals surface area contributed by atoms with Crippen LogP contribution < -0.4 is 5.73 Å². The van der Waals surface area contributed by atoms with Crippen LogP contribution in [0.5, 0.6) is 0 Å². The number of hydrogen-bond donors (Lipinski definition) is 3. The molecule has 0 radical (unpaired) electrons. The molecule has 3 fully saturated rings. The monoisotopic (exact) mass is 457 g/mol. The van der Waals surface area contributed by atoms with Gasteiger partial charge >= 0.3 is 0 Å². The van der Waals surface area contributed by atoms with E-state index in [-0.39, 0.29) is 25.0 Å². The zero-order chi connectivity index (χ0) is 23.6. The summed E-state index contributed by atoms with van der Waals surface area (Å²) in [6, 6.07) is 8.71. The van der Waals surface area contributed by atoms with Crippen LogP contribution in [0.25, 0.3) is 0 Å². The van der Waals surface area contributed by atoms with Gasteiger partial charge < -0.3 is 20.8 Å². The first-order chi connectivity index (χ1) is 15.8. The van der Waals surface area contributed by atoms with E-state index in [0.717, 1.165) is 51.6 Å². The Labute approximate surface area is 196 Å². The zero-order valence-corrected chi connectivity index (χ0v) is 19.8. The molecule has 0 aromatic heterocycles. The summed E-state index contributed by atoms with van der Waals surface area (Å²) in [7, 11) is 0. The summed E-state index contributed by atoms with van der Waals surface area (Å²) in [5.41, 5.74) is 6.13. The first-order valence-corrected chi connectivity index (χ1v) is 12.5. The Balaban J connectivity index is 1.41. The van der Waals surface area contributed by atoms with Gasteiger partial charge in [-0.3, -0.25) is 14.5 Å². The summed E-state index contributed by atoms with van der Waals surface area (Å²) in [5, 5.41) is 19.5. The van der Waals surface area contributed by atoms with Gasteiger partial charge in [0, 0.05) is 37.3 Å². The summed E-state index contributed by atoms with van der Waals surface area (Å²) < 4.78 is 0. The number of benzene rings is 1. The number of carbonyl (C=O) groups excluding carboxylic acids is 2. The maximum absolute atomic E-state index is 13.2. The minimum absolute atomic E-state index is 0.134. The van der Waals surface area contributed by atoms with Gasteiger partial charge in [-0.2, -0.15) is 0 Å². The molecule has 33 heavy (non-hydrogen) atoms. The number of carbonyl (C=O) groups is 2. The van der Waals surface area contributed by atoms with Crippen LogP contribution >= 0.6 is 0 Å². The van der Waals surface area contributed by atoms with Crippen molar-refractivity contribution in [2.24, 2.45) is 17.1 Å². The Morgan fingerprint density at radius 2 is 1.79 bits per heavy atom. The van der Waals surface area contributed by atoms with E-state index in [1.807, 2.05) is 17.0 Å². The number of fused-ring (bicyclic) bond motifs is 2. The highest BCUT2D eigenvalue weighted by Gasteiger charge is 2.42. The number of hydrogen-bond acceptors (Lipinski definition) is 5. The smallest absolute Gasteiger partial charge is 0.248 e. The van der Waals surface area contributed by atoms with Gasteiger partial charge in [-0.15, -0.1) is 0 Å². The standard InChI is InChI=1S/C26H39N3O4/c1-26(16-30,17-31)25(33)28(15-18-4-2-5-18)10-11-29-22-8-9-23(29)14-21(13-22)19-6-3-7-20(12-19)24(27)32/h3,6-7,12,18,21-23,30-31H,2,4-5,8-11,13-17H2,1H3,(H2,27,32)/t21-,22+,23-. The summed E-state index contributed by atoms with van der Waals surface area (Å²) in [6.45, 7) is 3.15. The number of primary amides is 1. The van der Waals surface area contributed by atoms with Crippen LogP contribution in [0.15, 0.2) is 24.3 Å². The molecule has 7 nitrogen and oxygen atoms in total. The van der Waals surface area contributed by atoms with Gasteiger partial charge in [-0.25, -0.2) is 0 Å². The van der Waals surface area contributed by atoms with Crippen molar-refractivity contribution in [1.29, 1.82) is 0 Å². The van der Waals surface area contributed by atoms with Crippen LogP contribution in [0.3, 0.4) is 0 Å². The number of rotatable bonds is 10. The van der Waals surface area contributed by atoms with Crippen molar-refractivity contribution in [2.45, 2.75) is 69.9 Å². The van der Waals surface area contributed by atoms with Crippen LogP contribution in [-0.4, -0.2) is 76.8 Å². The third kappa shape index (κ3) is 5.10. The third-order valence-electron chi connectivity index (χ3n) is 8.36. The van der Waals surface area contributed by atoms with Gasteiger partial charge in [0.1, 0.15) is 0 Å². The summed E-state index contributed by atoms with van der Waals surface area (Å²) in [6.07, 6.45) is 7.97. The predicted octanol–water partition coefficient (Wildman–Crippen LogP) is 2.12. The van der Waals surface area contributed by atoms with Crippen molar-refractivity contribution in [3.05, 3.63) is 35.4 Å². The molecule has 1 aliphatic carbocycles. The molecule has 1 aromatic rings. The van der Waals surface area contributed by atoms with Crippen molar-refractivity contribution in [1.82, 2.24) is 9.80 Å². The Morgan fingerprint density at radius 3 is 2.33 bits per heavy atom. The zero-order valence-electron chi connectivity index (χ0n) is 19.8. The lowest BCUT2D eigenvalue weighted by molar-refractivity contribution is -0.147. The number of amides is 2. The fourth-order valence-corrected chi connectivity index (χ4v) is 5.92. The van der Waals surface area contributed by atoms with Crippen LogP contribution in [0.4, 0.5) is 0 Å². The highest BCUT2D eigenvalue weighted by molar-refractivity contribution is 5.92. The number of aliphatic hydroxyl groups is 2. The number of aliphatic hydroxyl groups excluding tert-OH is 2. The Kier molecular flexibility index (Phi) is 7.41. The highest BCUT2D eigenvalue weighted by atomic mass is 16.3. The summed E-state index contributed by atoms with van der Waals surface area (Å²) in [4.78, 5) is 29.3. The van der Waals surface area contributed by atoms with Gasteiger partial charge in [0.15, 0.2) is 0 Å². The predicted molar refractivity (Wildman–Crippen MR) is 127 cm³/mol. The molecular formula is C26H39N3O4. The minimum atomic E-state index is -1.12. The molecule has 7 heteroatoms. The lowest BCUT2D eigenvalue weighted by Crippen LogP contribution is -2.52. The average molecular weight is 458 g/mol. The average Bonchev–Trinajstić information content (AvgIpc) is 3.03. The van der Waals surface area contributed by atoms with Crippen LogP contribution in [0, 0.1) is 11.3 Å². The molecule has 1 saturated carbocycles. The number of nitrogens with zero attached hydrogens (tertiary/aromatic N) is 2. The van der Waals surface area contributed by atoms with Gasteiger partial charge in [-0.05, 0) is 75.0 Å². The molecule has 2 aliphatic heterocycles. The molecule has 182 valence electrons. The third-order valence-corrected chi connectivity index (χ3v) is 8.36. The molecule has 2 saturated heterocycles. The first kappa shape index (κ1) is 24.2. The van der Waals surface area contributed by atoms with Crippen LogP contribution in [-0.2, 0) is 4.79 Å². The van der Waals surface area contributed by atoms with E-state index in [4.69, 9.17) is 5.73 Å². The maximum atomic E-state index is 13.2. The first-order valence-electron chi connectivity index (χ1n) is 12.5. The number of piperidine rings is 1. The van der Waals surface area contributed by atoms with Gasteiger partial charge in [0.05, 0.1) is 18.6 Å². The van der Waals surface area contributed by atoms with E-state index in [2.05, 4.69) is 11.0 Å². The second kappa shape index (κ2) is 10.1. The largest absolute Gasteiger partial charge is 0.395 e. The molecule has 3 atom stereocenters. The summed E-state index contributed by atoms with van der Waals surface area (Å²) >= 11 is 0. The SMILES string of the molecule is CC(CO)(CO)C(=O)N(CCN1[C@@H]2CC[C@H]1C[C@@H](c1cccc(C(N)=O)c1)C2)CC1CCC1. The van der Waals surface area contributed by atoms with Crippen LogP contribution in [0.2, 0.25) is 0 Å². The van der Waals surface area contributed by atoms with Crippen molar-refractivity contribution in [2.75, 3.05) is 32.8 Å². The van der Waals surface area contributed by atoms with Gasteiger partial charge in [0.25, 0.3) is 0 Å². The highest BCUT2D eigenvalue weighted by Crippen LogP contribution is 2.43. The molecule has 2 heterocycles. The minimum Gasteiger partial charge on any atom is -0.395 e. The quantitative estimate of drug-likeness (QED) is 0.499. The fraction of sp³-hybridized carbons (Fsp3) is 0.692. The molecule has 3 aliphatic rings.